The Hall–Kier alpha value is -2.12. The number of carboxylic acid groups (broad SMARTS) is 1. The molecule has 4 heterocycles. The number of fused-ring (bicyclic) bond motifs is 7. The summed E-state index contributed by atoms with van der Waals surface area (Å²) >= 11 is 0. The molecule has 0 amide bonds. The Morgan fingerprint density at radius 1 is 0.577 bits per heavy atom. The third-order valence-corrected chi connectivity index (χ3v) is 21.4. The van der Waals surface area contributed by atoms with Crippen LogP contribution in [0.15, 0.2) is 11.6 Å². The van der Waals surface area contributed by atoms with E-state index in [9.17, 15) is 76.3 Å². The second-order valence-electron chi connectivity index (χ2n) is 26.3. The first kappa shape index (κ1) is 60.5. The van der Waals surface area contributed by atoms with Crippen molar-refractivity contribution in [1.82, 2.24) is 0 Å². The Bertz CT molecular complexity index is 2190. The summed E-state index contributed by atoms with van der Waals surface area (Å²) in [6.45, 7) is 13.6. The fourth-order valence-electron chi connectivity index (χ4n) is 16.4. The van der Waals surface area contributed by atoms with Gasteiger partial charge in [-0.2, -0.15) is 0 Å². The lowest BCUT2D eigenvalue weighted by Gasteiger charge is -2.71. The highest BCUT2D eigenvalue weighted by molar-refractivity contribution is 5.79. The number of aliphatic hydroxyl groups is 13. The van der Waals surface area contributed by atoms with Crippen molar-refractivity contribution in [3.05, 3.63) is 11.6 Å². The average molecular weight is 1120 g/mol. The molecule has 5 aliphatic carbocycles. The molecule has 0 bridgehead atoms. The number of rotatable bonds is 12. The number of aliphatic carboxylic acids is 1. The smallest absolute Gasteiger partial charge is 0.335 e. The minimum absolute atomic E-state index is 0.0352. The zero-order valence-corrected chi connectivity index (χ0v) is 45.5. The van der Waals surface area contributed by atoms with Crippen LogP contribution in [0.5, 0.6) is 0 Å². The number of hydrogen-bond donors (Lipinski definition) is 14. The van der Waals surface area contributed by atoms with Gasteiger partial charge in [-0.25, -0.2) is 4.79 Å². The Kier molecular flexibility index (Phi) is 16.9. The highest BCUT2D eigenvalue weighted by Gasteiger charge is 2.70. The predicted octanol–water partition coefficient (Wildman–Crippen LogP) is -1.94. The van der Waals surface area contributed by atoms with Gasteiger partial charge in [0.25, 0.3) is 0 Å². The Labute approximate surface area is 453 Å². The molecule has 8 fully saturated rings. The molecular weight excluding hydrogens is 1030 g/mol. The van der Waals surface area contributed by atoms with Crippen LogP contribution in [0, 0.1) is 50.2 Å². The predicted molar refractivity (Wildman–Crippen MR) is 263 cm³/mol. The number of aliphatic hydroxyl groups excluding tert-OH is 13. The molecule has 9 rings (SSSR count). The summed E-state index contributed by atoms with van der Waals surface area (Å²) in [7, 11) is 0. The van der Waals surface area contributed by atoms with Crippen molar-refractivity contribution < 1.29 is 119 Å². The van der Waals surface area contributed by atoms with Crippen molar-refractivity contribution in [3.8, 4) is 0 Å². The highest BCUT2D eigenvalue weighted by atomic mass is 16.8. The number of carbonyl (C=O) groups is 2. The van der Waals surface area contributed by atoms with Crippen LogP contribution in [0.4, 0.5) is 0 Å². The standard InChI is InChI=1S/C54H86O24/c1-49(2)14-16-54(48(70)78-46-40(67)35(62)32(59)26(74-46)21-71-44-38(65)33(60)30(57)24(19-55)72-44)17-15-52(6)22(23(54)18-49)8-9-28-51(5)12-11-29(50(3,4)27(51)10-13-53(28,52)7)75-47-42(37(64)36(63)41(76-47)43(68)69)77-45-39(66)34(61)31(58)25(20-56)73-45/h8,23-42,44-47,55-67H,9-21H2,1-7H3,(H,68,69)/t23-,24-,25-,26-,27-,28+,29+,30-,31-,32-,33+,34+,35+,36+,37+,38-,39-,40-,41+,42-,44-,45+,46-,47-,51+,52-,53-,54+/m1/s1. The van der Waals surface area contributed by atoms with Crippen molar-refractivity contribution in [2.24, 2.45) is 50.2 Å². The van der Waals surface area contributed by atoms with Crippen LogP contribution in [0.1, 0.15) is 113 Å². The van der Waals surface area contributed by atoms with E-state index in [2.05, 4.69) is 54.5 Å². The molecule has 4 saturated heterocycles. The zero-order valence-electron chi connectivity index (χ0n) is 45.5. The molecule has 0 unspecified atom stereocenters. The number of carboxylic acids is 1. The van der Waals surface area contributed by atoms with Gasteiger partial charge < -0.3 is 109 Å². The van der Waals surface area contributed by atoms with Crippen molar-refractivity contribution >= 4 is 11.9 Å². The monoisotopic (exact) mass is 1120 g/mol. The molecule has 446 valence electrons. The first-order chi connectivity index (χ1) is 36.4. The van der Waals surface area contributed by atoms with Gasteiger partial charge in [0.15, 0.2) is 25.0 Å². The van der Waals surface area contributed by atoms with E-state index in [1.807, 2.05) is 0 Å². The maximum atomic E-state index is 15.1. The quantitative estimate of drug-likeness (QED) is 0.0574. The van der Waals surface area contributed by atoms with Gasteiger partial charge in [-0.3, -0.25) is 4.79 Å². The number of hydrogen-bond acceptors (Lipinski definition) is 23. The van der Waals surface area contributed by atoms with E-state index in [1.54, 1.807) is 0 Å². The summed E-state index contributed by atoms with van der Waals surface area (Å²) in [5, 5.41) is 148. The zero-order chi connectivity index (χ0) is 57.1. The van der Waals surface area contributed by atoms with Crippen molar-refractivity contribution in [2.45, 2.75) is 242 Å². The van der Waals surface area contributed by atoms with Gasteiger partial charge in [0.05, 0.1) is 31.3 Å². The fraction of sp³-hybridized carbons (Fsp3) is 0.926. The van der Waals surface area contributed by atoms with E-state index in [4.69, 9.17) is 37.9 Å². The SMILES string of the molecule is CC1(C)CC[C@]2(C(=O)O[C@H]3O[C@H](CO[C@@H]4O[C@H](CO)[C@@H](O)[C@H](O)[C@H]4O)[C@@H](O)[C@H](O)[C@H]3O)CC[C@]3(C)C(=CC[C@H]4[C@@]5(C)CC[C@H](O[C@@H]6O[C@H](C(=O)O)[C@@H](O)[C@H](O)[C@H]6O[C@@H]6O[C@H](CO)[C@@H](O)[C@H](O)[C@H]6O)C(C)(C)[C@H]5CC[C@]43C)[C@H]2C1. The first-order valence-electron chi connectivity index (χ1n) is 27.8. The van der Waals surface area contributed by atoms with Gasteiger partial charge in [-0.15, -0.1) is 0 Å². The minimum atomic E-state index is -2.00. The van der Waals surface area contributed by atoms with Crippen LogP contribution >= 0.6 is 0 Å². The van der Waals surface area contributed by atoms with Crippen LogP contribution in [0.2, 0.25) is 0 Å². The van der Waals surface area contributed by atoms with Gasteiger partial charge in [0, 0.05) is 0 Å². The van der Waals surface area contributed by atoms with E-state index < -0.39 is 172 Å². The van der Waals surface area contributed by atoms with E-state index in [1.165, 1.54) is 5.57 Å². The van der Waals surface area contributed by atoms with Crippen LogP contribution in [-0.4, -0.2) is 232 Å². The molecule has 24 nitrogen and oxygen atoms in total. The average Bonchev–Trinajstić information content (AvgIpc) is 3.47. The first-order valence-corrected chi connectivity index (χ1v) is 27.8. The molecule has 9 aliphatic rings. The van der Waals surface area contributed by atoms with Gasteiger partial charge in [-0.1, -0.05) is 60.1 Å². The molecule has 4 saturated carbocycles. The number of ether oxygens (including phenoxy) is 8. The molecule has 14 N–H and O–H groups in total. The number of esters is 1. The molecule has 0 aromatic heterocycles. The Morgan fingerprint density at radius 3 is 1.76 bits per heavy atom. The third-order valence-electron chi connectivity index (χ3n) is 21.4. The summed E-state index contributed by atoms with van der Waals surface area (Å²) in [5.41, 5.74) is -1.56. The summed E-state index contributed by atoms with van der Waals surface area (Å²) in [4.78, 5) is 27.4. The Balaban J connectivity index is 0.935. The van der Waals surface area contributed by atoms with Gasteiger partial charge in [0.1, 0.15) is 91.6 Å². The fourth-order valence-corrected chi connectivity index (χ4v) is 16.4. The van der Waals surface area contributed by atoms with Crippen molar-refractivity contribution in [2.75, 3.05) is 19.8 Å². The largest absolute Gasteiger partial charge is 0.479 e. The van der Waals surface area contributed by atoms with Crippen LogP contribution in [0.25, 0.3) is 0 Å². The topological polar surface area (TPSA) is 391 Å². The van der Waals surface area contributed by atoms with Crippen molar-refractivity contribution in [1.29, 1.82) is 0 Å². The van der Waals surface area contributed by atoms with E-state index in [-0.39, 0.29) is 39.4 Å². The lowest BCUT2D eigenvalue weighted by molar-refractivity contribution is -0.374. The summed E-state index contributed by atoms with van der Waals surface area (Å²) in [6, 6.07) is 0. The molecule has 0 radical (unpaired) electrons. The van der Waals surface area contributed by atoms with Gasteiger partial charge in [0.2, 0.25) is 6.29 Å². The molecule has 78 heavy (non-hydrogen) atoms. The third kappa shape index (κ3) is 9.82. The highest BCUT2D eigenvalue weighted by Crippen LogP contribution is 2.76. The van der Waals surface area contributed by atoms with Gasteiger partial charge >= 0.3 is 11.9 Å². The molecule has 0 aromatic carbocycles. The maximum absolute atomic E-state index is 15.1. The summed E-state index contributed by atoms with van der Waals surface area (Å²) in [6.07, 6.45) is -26.2. The van der Waals surface area contributed by atoms with E-state index in [0.29, 0.717) is 51.4 Å². The van der Waals surface area contributed by atoms with Gasteiger partial charge in [-0.05, 0) is 109 Å². The number of carbonyl (C=O) groups excluding carboxylic acids is 1. The maximum Gasteiger partial charge on any atom is 0.335 e. The number of allylic oxidation sites excluding steroid dienone is 2. The van der Waals surface area contributed by atoms with E-state index >= 15 is 4.79 Å². The second kappa shape index (κ2) is 21.8. The van der Waals surface area contributed by atoms with Crippen LogP contribution in [-0.2, 0) is 47.5 Å². The summed E-state index contributed by atoms with van der Waals surface area (Å²) in [5.74, 6) is -2.25. The van der Waals surface area contributed by atoms with Crippen LogP contribution < -0.4 is 0 Å². The lowest BCUT2D eigenvalue weighted by Crippen LogP contribution is -2.67. The molecule has 24 heteroatoms. The summed E-state index contributed by atoms with van der Waals surface area (Å²) < 4.78 is 47.2. The normalized spacial score (nSPS) is 52.8. The van der Waals surface area contributed by atoms with E-state index in [0.717, 1.165) is 12.8 Å². The molecule has 4 aliphatic heterocycles. The van der Waals surface area contributed by atoms with Crippen LogP contribution in [0.3, 0.4) is 0 Å². The Morgan fingerprint density at radius 2 is 1.14 bits per heavy atom. The second-order valence-corrected chi connectivity index (χ2v) is 26.3. The molecule has 28 atom stereocenters. The molecule has 0 aromatic rings. The molecular formula is C54H86O24. The minimum Gasteiger partial charge on any atom is -0.479 e. The lowest BCUT2D eigenvalue weighted by atomic mass is 9.33. The van der Waals surface area contributed by atoms with Crippen molar-refractivity contribution in [3.63, 3.8) is 0 Å². The molecule has 0 spiro atoms.